The van der Waals surface area contributed by atoms with E-state index in [-0.39, 0.29) is 0 Å². The Labute approximate surface area is 122 Å². The Bertz CT molecular complexity index is 569. The maximum absolute atomic E-state index is 11.8. The van der Waals surface area contributed by atoms with Gasteiger partial charge >= 0.3 is 5.69 Å². The normalized spacial score (nSPS) is 30.7. The van der Waals surface area contributed by atoms with Crippen LogP contribution >= 0.6 is 22.6 Å². The van der Waals surface area contributed by atoms with Crippen LogP contribution in [0.1, 0.15) is 11.8 Å². The van der Waals surface area contributed by atoms with Crippen LogP contribution in [0.4, 0.5) is 0 Å². The second-order valence-corrected chi connectivity index (χ2v) is 5.27. The first-order chi connectivity index (χ1) is 8.99. The number of aromatic amines is 1. The number of ether oxygens (including phenoxy) is 2. The van der Waals surface area contributed by atoms with Gasteiger partial charge in [-0.15, -0.1) is 0 Å². The molecular weight excluding hydrogens is 367 g/mol. The van der Waals surface area contributed by atoms with Gasteiger partial charge in [0.1, 0.15) is 12.2 Å². The molecule has 2 rings (SSSR count). The summed E-state index contributed by atoms with van der Waals surface area (Å²) >= 11 is 2.10. The number of aliphatic hydroxyl groups is 1. The number of hydrogen-bond acceptors (Lipinski definition) is 5. The Balaban J connectivity index is 2.44. The fourth-order valence-corrected chi connectivity index (χ4v) is 2.83. The molecule has 4 atom stereocenters. The summed E-state index contributed by atoms with van der Waals surface area (Å²) in [6, 6.07) is 0. The fourth-order valence-electron chi connectivity index (χ4n) is 2.10. The van der Waals surface area contributed by atoms with Crippen LogP contribution in [0.3, 0.4) is 0 Å². The molecule has 1 aromatic rings. The van der Waals surface area contributed by atoms with Gasteiger partial charge in [-0.25, -0.2) is 4.79 Å². The Kier molecular flexibility index (Phi) is 4.43. The largest absolute Gasteiger partial charge is 0.387 e. The molecule has 2 heterocycles. The summed E-state index contributed by atoms with van der Waals surface area (Å²) in [5.74, 6) is 0. The van der Waals surface area contributed by atoms with Gasteiger partial charge in [0.25, 0.3) is 5.56 Å². The minimum absolute atomic E-state index is 0.394. The van der Waals surface area contributed by atoms with Crippen LogP contribution in [0.5, 0.6) is 0 Å². The number of nitrogens with zero attached hydrogens (tertiary/aromatic N) is 1. The third-order valence-electron chi connectivity index (χ3n) is 3.16. The number of rotatable bonds is 3. The highest BCUT2D eigenvalue weighted by Crippen LogP contribution is 2.31. The van der Waals surface area contributed by atoms with Crippen LogP contribution in [0.2, 0.25) is 0 Å². The first-order valence-electron chi connectivity index (χ1n) is 5.74. The Hall–Kier alpha value is -0.710. The van der Waals surface area contributed by atoms with E-state index in [4.69, 9.17) is 9.47 Å². The van der Waals surface area contributed by atoms with Gasteiger partial charge in [0.15, 0.2) is 6.23 Å². The van der Waals surface area contributed by atoms with E-state index in [1.54, 1.807) is 6.92 Å². The number of hydrogen-bond donors (Lipinski definition) is 2. The van der Waals surface area contributed by atoms with Crippen molar-refractivity contribution in [2.45, 2.75) is 31.5 Å². The van der Waals surface area contributed by atoms with Gasteiger partial charge in [-0.05, 0) is 6.92 Å². The molecule has 8 heteroatoms. The smallest absolute Gasteiger partial charge is 0.330 e. The molecule has 0 radical (unpaired) electrons. The molecular formula is C11H15IN2O5. The van der Waals surface area contributed by atoms with Gasteiger partial charge in [0, 0.05) is 23.3 Å². The summed E-state index contributed by atoms with van der Waals surface area (Å²) in [6.45, 7) is 1.60. The van der Waals surface area contributed by atoms with Crippen molar-refractivity contribution in [3.8, 4) is 0 Å². The van der Waals surface area contributed by atoms with Crippen LogP contribution in [0.25, 0.3) is 0 Å². The monoisotopic (exact) mass is 382 g/mol. The minimum atomic E-state index is -0.814. The van der Waals surface area contributed by atoms with Crippen LogP contribution in [-0.4, -0.2) is 44.5 Å². The van der Waals surface area contributed by atoms with E-state index in [0.717, 1.165) is 0 Å². The molecule has 19 heavy (non-hydrogen) atoms. The number of alkyl halides is 1. The molecule has 4 unspecified atom stereocenters. The maximum Gasteiger partial charge on any atom is 0.330 e. The van der Waals surface area contributed by atoms with E-state index < -0.39 is 35.8 Å². The lowest BCUT2D eigenvalue weighted by Gasteiger charge is -2.20. The van der Waals surface area contributed by atoms with E-state index in [0.29, 0.717) is 9.99 Å². The molecule has 0 aliphatic carbocycles. The van der Waals surface area contributed by atoms with Gasteiger partial charge in [-0.2, -0.15) is 0 Å². The molecule has 1 aromatic heterocycles. The summed E-state index contributed by atoms with van der Waals surface area (Å²) in [5.41, 5.74) is -0.617. The molecule has 1 saturated heterocycles. The number of aryl methyl sites for hydroxylation is 1. The highest BCUT2D eigenvalue weighted by atomic mass is 127. The molecule has 7 nitrogen and oxygen atoms in total. The number of nitrogens with one attached hydrogen (secondary N) is 1. The zero-order valence-corrected chi connectivity index (χ0v) is 12.7. The molecule has 0 aromatic carbocycles. The number of methoxy groups -OCH3 is 1. The Morgan fingerprint density at radius 3 is 2.84 bits per heavy atom. The topological polar surface area (TPSA) is 93.5 Å². The number of aliphatic hydroxyl groups excluding tert-OH is 1. The first kappa shape index (κ1) is 14.7. The van der Waals surface area contributed by atoms with E-state index >= 15 is 0 Å². The number of H-pyrrole nitrogens is 1. The van der Waals surface area contributed by atoms with Crippen molar-refractivity contribution in [1.82, 2.24) is 9.55 Å². The lowest BCUT2D eigenvalue weighted by atomic mass is 10.1. The summed E-state index contributed by atoms with van der Waals surface area (Å²) in [5, 5.41) is 10.1. The predicted molar refractivity (Wildman–Crippen MR) is 75.7 cm³/mol. The van der Waals surface area contributed by atoms with Crippen molar-refractivity contribution in [1.29, 1.82) is 0 Å². The Morgan fingerprint density at radius 2 is 2.26 bits per heavy atom. The molecule has 106 valence electrons. The van der Waals surface area contributed by atoms with Crippen LogP contribution in [-0.2, 0) is 9.47 Å². The van der Waals surface area contributed by atoms with Crippen molar-refractivity contribution < 1.29 is 14.6 Å². The zero-order chi connectivity index (χ0) is 14.2. The standard InChI is InChI=1S/C11H15IN2O5/c1-5-4-14(11(17)13-9(5)16)10-8(18-2)7(15)6(3-12)19-10/h4,6-8,10,15H,3H2,1-2H3,(H,13,16,17). The van der Waals surface area contributed by atoms with Gasteiger partial charge in [-0.1, -0.05) is 22.6 Å². The quantitative estimate of drug-likeness (QED) is 0.546. The third kappa shape index (κ3) is 2.62. The van der Waals surface area contributed by atoms with Gasteiger partial charge in [0.05, 0.1) is 6.10 Å². The highest BCUT2D eigenvalue weighted by Gasteiger charge is 2.44. The summed E-state index contributed by atoms with van der Waals surface area (Å²) < 4.78 is 12.7. The van der Waals surface area contributed by atoms with E-state index in [2.05, 4.69) is 27.6 Å². The first-order valence-corrected chi connectivity index (χ1v) is 7.26. The fraction of sp³-hybridized carbons (Fsp3) is 0.636. The summed E-state index contributed by atoms with van der Waals surface area (Å²) in [6.07, 6.45) is -1.20. The van der Waals surface area contributed by atoms with Crippen molar-refractivity contribution in [2.24, 2.45) is 0 Å². The number of aromatic nitrogens is 2. The number of halogens is 1. The van der Waals surface area contributed by atoms with Crippen molar-refractivity contribution in [3.05, 3.63) is 32.6 Å². The minimum Gasteiger partial charge on any atom is -0.387 e. The highest BCUT2D eigenvalue weighted by molar-refractivity contribution is 14.1. The van der Waals surface area contributed by atoms with Gasteiger partial charge in [-0.3, -0.25) is 14.3 Å². The predicted octanol–water partition coefficient (Wildman–Crippen LogP) is -0.447. The van der Waals surface area contributed by atoms with Crippen LogP contribution in [0, 0.1) is 6.92 Å². The SMILES string of the molecule is COC1C(O)C(CI)OC1n1cc(C)c(=O)[nH]c1=O. The molecule has 0 amide bonds. The van der Waals surface area contributed by atoms with Gasteiger partial charge < -0.3 is 14.6 Å². The second-order valence-electron chi connectivity index (χ2n) is 4.39. The average Bonchev–Trinajstić information content (AvgIpc) is 2.70. The van der Waals surface area contributed by atoms with E-state index in [9.17, 15) is 14.7 Å². The lowest BCUT2D eigenvalue weighted by Crippen LogP contribution is -2.39. The van der Waals surface area contributed by atoms with Crippen molar-refractivity contribution in [2.75, 3.05) is 11.5 Å². The van der Waals surface area contributed by atoms with E-state index in [1.807, 2.05) is 0 Å². The van der Waals surface area contributed by atoms with Crippen LogP contribution < -0.4 is 11.2 Å². The van der Waals surface area contributed by atoms with Gasteiger partial charge in [0.2, 0.25) is 0 Å². The molecule has 1 aliphatic rings. The van der Waals surface area contributed by atoms with Crippen molar-refractivity contribution in [3.63, 3.8) is 0 Å². The lowest BCUT2D eigenvalue weighted by molar-refractivity contribution is -0.0509. The molecule has 0 spiro atoms. The zero-order valence-electron chi connectivity index (χ0n) is 10.5. The van der Waals surface area contributed by atoms with E-state index in [1.165, 1.54) is 17.9 Å². The van der Waals surface area contributed by atoms with Crippen molar-refractivity contribution >= 4 is 22.6 Å². The maximum atomic E-state index is 11.8. The molecule has 0 bridgehead atoms. The summed E-state index contributed by atoms with van der Waals surface area (Å²) in [7, 11) is 1.45. The Morgan fingerprint density at radius 1 is 1.58 bits per heavy atom. The van der Waals surface area contributed by atoms with Crippen LogP contribution in [0.15, 0.2) is 15.8 Å². The molecule has 1 aliphatic heterocycles. The second kappa shape index (κ2) is 5.73. The molecule has 0 saturated carbocycles. The molecule has 1 fully saturated rings. The average molecular weight is 382 g/mol. The summed E-state index contributed by atoms with van der Waals surface area (Å²) in [4.78, 5) is 25.4. The third-order valence-corrected chi connectivity index (χ3v) is 4.03. The molecule has 2 N–H and O–H groups in total.